The third-order valence-electron chi connectivity index (χ3n) is 12.3. The molecule has 4 heterocycles. The maximum atomic E-state index is 12.6. The summed E-state index contributed by atoms with van der Waals surface area (Å²) < 4.78 is 98.5. The smallest absolute Gasteiger partial charge is 0.319 e. The van der Waals surface area contributed by atoms with Gasteiger partial charge in [0.1, 0.15) is 0 Å². The second-order valence-corrected chi connectivity index (χ2v) is 25.0. The van der Waals surface area contributed by atoms with E-state index in [0.717, 1.165) is 22.3 Å². The Labute approximate surface area is 578 Å². The fourth-order valence-corrected chi connectivity index (χ4v) is 9.46. The van der Waals surface area contributed by atoms with Crippen molar-refractivity contribution >= 4 is 137 Å². The summed E-state index contributed by atoms with van der Waals surface area (Å²) in [6, 6.07) is 28.3. The second-order valence-electron chi connectivity index (χ2n) is 20.7. The summed E-state index contributed by atoms with van der Waals surface area (Å²) in [5.74, 6) is -10.8. The zero-order chi connectivity index (χ0) is 65.3. The molecule has 496 valence electrons. The maximum absolute atomic E-state index is 12.6. The first kappa shape index (κ1) is 82.8. The molecule has 16 N–H and O–H groups in total. The molecule has 8 rings (SSSR count). The normalized spacial score (nSPS) is 10.7. The summed E-state index contributed by atoms with van der Waals surface area (Å²) >= 11 is 4.81. The highest BCUT2D eigenvalue weighted by Crippen LogP contribution is 2.31. The molecule has 0 bridgehead atoms. The standard InChI is InChI=1S/2C24H28N6O2.2C6F4I2.4H2O/c2*1-23(2,29-21(31)27-19-10-6-12-25-15-19)17-8-5-9-18(14-17)24(3,4)30-22(32)28-20-11-7-13-26-16-20;2*7-1-2(8)6(12)4(10)3(9)5(1)11;;;;/h2*5-16H,1-4H3,(H2,27,29,31)(H2,28,30,32);;;4*1H2. The fourth-order valence-electron chi connectivity index (χ4n) is 7.57. The summed E-state index contributed by atoms with van der Waals surface area (Å²) in [6.45, 7) is 15.4. The van der Waals surface area contributed by atoms with Crippen LogP contribution in [0.2, 0.25) is 0 Å². The lowest BCUT2D eigenvalue weighted by Gasteiger charge is -2.31. The monoisotopic (exact) mass is 1740 g/mol. The largest absolute Gasteiger partial charge is 0.412 e. The predicted molar refractivity (Wildman–Crippen MR) is 368 cm³/mol. The van der Waals surface area contributed by atoms with Crippen molar-refractivity contribution in [3.05, 3.63) is 230 Å². The number of aromatic nitrogens is 4. The number of carbonyl (C=O) groups excluding carboxylic acids is 4. The lowest BCUT2D eigenvalue weighted by Crippen LogP contribution is -2.45. The summed E-state index contributed by atoms with van der Waals surface area (Å²) in [7, 11) is 0. The summed E-state index contributed by atoms with van der Waals surface area (Å²) in [5, 5.41) is 23.1. The minimum absolute atomic E-state index is 0. The predicted octanol–water partition coefficient (Wildman–Crippen LogP) is 12.8. The molecule has 0 aliphatic rings. The van der Waals surface area contributed by atoms with Gasteiger partial charge in [-0.3, -0.25) is 19.9 Å². The van der Waals surface area contributed by atoms with Crippen LogP contribution in [-0.4, -0.2) is 66.0 Å². The average Bonchev–Trinajstić information content (AvgIpc) is 0.894. The molecule has 0 fully saturated rings. The Morgan fingerprint density at radius 1 is 0.315 bits per heavy atom. The minimum atomic E-state index is -1.35. The first-order chi connectivity index (χ1) is 41.2. The van der Waals surface area contributed by atoms with Gasteiger partial charge in [-0.25, -0.2) is 54.3 Å². The number of nitrogens with zero attached hydrogens (tertiary/aromatic N) is 4. The van der Waals surface area contributed by atoms with E-state index in [4.69, 9.17) is 0 Å². The molecule has 8 aromatic rings. The number of urea groups is 4. The molecule has 0 aliphatic carbocycles. The van der Waals surface area contributed by atoms with Crippen molar-refractivity contribution in [2.45, 2.75) is 77.5 Å². The summed E-state index contributed by atoms with van der Waals surface area (Å²) in [4.78, 5) is 65.9. The van der Waals surface area contributed by atoms with Crippen LogP contribution in [0.5, 0.6) is 0 Å². The van der Waals surface area contributed by atoms with Gasteiger partial charge in [-0.05, 0) is 217 Å². The van der Waals surface area contributed by atoms with Crippen LogP contribution in [0.4, 0.5) is 77.1 Å². The number of hydrogen-bond acceptors (Lipinski definition) is 8. The summed E-state index contributed by atoms with van der Waals surface area (Å²) in [5.41, 5.74) is 3.42. The van der Waals surface area contributed by atoms with E-state index in [1.165, 1.54) is 90.4 Å². The van der Waals surface area contributed by atoms with Crippen molar-refractivity contribution in [3.8, 4) is 0 Å². The van der Waals surface area contributed by atoms with Gasteiger partial charge < -0.3 is 64.4 Å². The van der Waals surface area contributed by atoms with Crippen molar-refractivity contribution in [2.75, 3.05) is 21.3 Å². The van der Waals surface area contributed by atoms with Crippen molar-refractivity contribution in [3.63, 3.8) is 0 Å². The molecule has 0 spiro atoms. The SMILES string of the molecule is CC(C)(NC(=O)Nc1cccnc1)c1cccc(C(C)(C)NC(=O)Nc2cccnc2)c1.CC(C)(NC(=O)Nc1cccnc1)c1cccc(C(C)(C)NC(=O)Nc2cccnc2)c1.Fc1c(F)c(I)c(F)c(F)c1I.Fc1c(F)c(I)c(F)c(F)c1I.O.O.O.O. The molecule has 32 heteroatoms. The van der Waals surface area contributed by atoms with E-state index in [2.05, 4.69) is 62.5 Å². The Hall–Kier alpha value is -7.24. The fraction of sp³-hybridized carbons (Fsp3) is 0.200. The Morgan fingerprint density at radius 2 is 0.489 bits per heavy atom. The number of amides is 8. The number of hydrogen-bond donors (Lipinski definition) is 8. The molecule has 0 atom stereocenters. The van der Waals surface area contributed by atoms with E-state index in [-0.39, 0.29) is 46.0 Å². The highest BCUT2D eigenvalue weighted by atomic mass is 127. The van der Waals surface area contributed by atoms with Crippen LogP contribution in [0.25, 0.3) is 0 Å². The van der Waals surface area contributed by atoms with Crippen LogP contribution in [0.3, 0.4) is 0 Å². The van der Waals surface area contributed by atoms with Crippen LogP contribution in [0, 0.1) is 60.8 Å². The molecule has 0 unspecified atom stereocenters. The number of nitrogens with one attached hydrogen (secondary N) is 8. The van der Waals surface area contributed by atoms with Gasteiger partial charge in [-0.15, -0.1) is 0 Å². The molecular formula is C60H64F8I4N12O8. The third-order valence-corrected chi connectivity index (χ3v) is 16.1. The molecule has 0 radical (unpaired) electrons. The topological polar surface area (TPSA) is 342 Å². The number of rotatable bonds is 12. The number of anilines is 4. The Morgan fingerprint density at radius 3 is 0.641 bits per heavy atom. The lowest BCUT2D eigenvalue weighted by molar-refractivity contribution is 0.240. The van der Waals surface area contributed by atoms with Gasteiger partial charge in [0.25, 0.3) is 0 Å². The Balaban J connectivity index is 0.000000659. The van der Waals surface area contributed by atoms with Crippen molar-refractivity contribution in [2.24, 2.45) is 0 Å². The van der Waals surface area contributed by atoms with E-state index in [1.54, 1.807) is 98.1 Å². The minimum Gasteiger partial charge on any atom is -0.412 e. The van der Waals surface area contributed by atoms with Gasteiger partial charge in [0.15, 0.2) is 46.5 Å². The van der Waals surface area contributed by atoms with E-state index in [1.807, 2.05) is 104 Å². The first-order valence-electron chi connectivity index (χ1n) is 25.8. The van der Waals surface area contributed by atoms with Crippen LogP contribution in [0.1, 0.15) is 77.6 Å². The Bertz CT molecular complexity index is 3140. The first-order valence-corrected chi connectivity index (χ1v) is 30.1. The highest BCUT2D eigenvalue weighted by Gasteiger charge is 2.30. The maximum Gasteiger partial charge on any atom is 0.319 e. The van der Waals surface area contributed by atoms with Crippen molar-refractivity contribution in [1.82, 2.24) is 41.2 Å². The third kappa shape index (κ3) is 23.7. The molecule has 0 saturated carbocycles. The average molecular weight is 1740 g/mol. The molecule has 92 heavy (non-hydrogen) atoms. The quantitative estimate of drug-likeness (QED) is 0.0251. The molecule has 0 saturated heterocycles. The zero-order valence-electron chi connectivity index (χ0n) is 49.8. The van der Waals surface area contributed by atoms with Crippen LogP contribution in [0.15, 0.2) is 147 Å². The van der Waals surface area contributed by atoms with Gasteiger partial charge >= 0.3 is 24.1 Å². The van der Waals surface area contributed by atoms with Crippen molar-refractivity contribution in [1.29, 1.82) is 0 Å². The van der Waals surface area contributed by atoms with Gasteiger partial charge in [0.2, 0.25) is 0 Å². The Kier molecular flexibility index (Phi) is 33.2. The molecule has 20 nitrogen and oxygen atoms in total. The van der Waals surface area contributed by atoms with Crippen LogP contribution < -0.4 is 42.5 Å². The van der Waals surface area contributed by atoms with E-state index in [9.17, 15) is 54.3 Å². The second kappa shape index (κ2) is 36.9. The molecule has 4 aromatic carbocycles. The van der Waals surface area contributed by atoms with Gasteiger partial charge in [0, 0.05) is 24.8 Å². The number of halogens is 12. The number of benzene rings is 4. The summed E-state index contributed by atoms with van der Waals surface area (Å²) in [6.07, 6.45) is 12.9. The van der Waals surface area contributed by atoms with Gasteiger partial charge in [0.05, 0.1) is 84.0 Å². The zero-order valence-corrected chi connectivity index (χ0v) is 58.4. The van der Waals surface area contributed by atoms with Crippen LogP contribution in [-0.2, 0) is 22.2 Å². The van der Waals surface area contributed by atoms with Gasteiger partial charge in [-0.2, -0.15) is 0 Å². The van der Waals surface area contributed by atoms with E-state index in [0.29, 0.717) is 22.7 Å². The molecular weight excluding hydrogens is 1680 g/mol. The number of pyridine rings is 4. The molecule has 0 aliphatic heterocycles. The van der Waals surface area contributed by atoms with Crippen LogP contribution >= 0.6 is 90.4 Å². The highest BCUT2D eigenvalue weighted by molar-refractivity contribution is 14.1. The van der Waals surface area contributed by atoms with E-state index < -0.39 is 83.0 Å². The van der Waals surface area contributed by atoms with E-state index >= 15 is 0 Å². The number of carbonyl (C=O) groups is 4. The van der Waals surface area contributed by atoms with Gasteiger partial charge in [-0.1, -0.05) is 48.5 Å². The van der Waals surface area contributed by atoms with Crippen molar-refractivity contribution < 1.29 is 76.2 Å². The lowest BCUT2D eigenvalue weighted by atomic mass is 9.87. The molecule has 4 aromatic heterocycles. The molecule has 8 amide bonds.